The molecule has 0 bridgehead atoms. The van der Waals surface area contributed by atoms with Crippen LogP contribution < -0.4 is 0 Å². The van der Waals surface area contributed by atoms with E-state index in [1.165, 1.54) is 0 Å². The number of β-lactam (4-membered cyclic amide) rings is 1. The second-order valence-corrected chi connectivity index (χ2v) is 9.71. The minimum absolute atomic E-state index is 0.104. The first-order valence-electron chi connectivity index (χ1n) is 10.6. The van der Waals surface area contributed by atoms with E-state index in [1.807, 2.05) is 68.1 Å². The molecule has 164 valence electrons. The third kappa shape index (κ3) is 4.13. The molecule has 0 N–H and O–H groups in total. The van der Waals surface area contributed by atoms with Crippen LogP contribution in [0.25, 0.3) is 0 Å². The van der Waals surface area contributed by atoms with Crippen molar-refractivity contribution in [1.82, 2.24) is 14.8 Å². The molecule has 6 nitrogen and oxygen atoms in total. The van der Waals surface area contributed by atoms with E-state index in [2.05, 4.69) is 4.98 Å². The third-order valence-corrected chi connectivity index (χ3v) is 6.46. The minimum atomic E-state index is -0.547. The molecule has 1 aromatic heterocycles. The zero-order valence-electron chi connectivity index (χ0n) is 18.2. The number of hydrogen-bond donors (Lipinski definition) is 0. The SMILES string of the molecule is CC(C)(C)OC(=O)N1CCC2(CC1)C(=O)N(Cc1ccccc1Cl)C2c1ccccn1. The van der Waals surface area contributed by atoms with Gasteiger partial charge in [0.15, 0.2) is 0 Å². The van der Waals surface area contributed by atoms with Crippen LogP contribution in [0.3, 0.4) is 0 Å². The number of aromatic nitrogens is 1. The van der Waals surface area contributed by atoms with Gasteiger partial charge in [-0.1, -0.05) is 35.9 Å². The van der Waals surface area contributed by atoms with Crippen molar-refractivity contribution in [1.29, 1.82) is 0 Å². The monoisotopic (exact) mass is 441 g/mol. The van der Waals surface area contributed by atoms with E-state index >= 15 is 0 Å². The fourth-order valence-electron chi connectivity index (χ4n) is 4.61. The maximum Gasteiger partial charge on any atom is 0.410 e. The average molecular weight is 442 g/mol. The third-order valence-electron chi connectivity index (χ3n) is 6.10. The summed E-state index contributed by atoms with van der Waals surface area (Å²) >= 11 is 6.36. The molecular formula is C24H28ClN3O3. The highest BCUT2D eigenvalue weighted by atomic mass is 35.5. The van der Waals surface area contributed by atoms with Crippen molar-refractivity contribution < 1.29 is 14.3 Å². The zero-order chi connectivity index (χ0) is 22.2. The van der Waals surface area contributed by atoms with Gasteiger partial charge < -0.3 is 14.5 Å². The van der Waals surface area contributed by atoms with Crippen molar-refractivity contribution in [3.8, 4) is 0 Å². The van der Waals surface area contributed by atoms with Crippen molar-refractivity contribution >= 4 is 23.6 Å². The van der Waals surface area contributed by atoms with Crippen molar-refractivity contribution in [2.24, 2.45) is 5.41 Å². The molecule has 0 radical (unpaired) electrons. The lowest BCUT2D eigenvalue weighted by molar-refractivity contribution is -0.182. The molecule has 2 fully saturated rings. The molecule has 2 aliphatic rings. The summed E-state index contributed by atoms with van der Waals surface area (Å²) in [5, 5.41) is 0.649. The van der Waals surface area contributed by atoms with Crippen molar-refractivity contribution in [3.05, 3.63) is 64.9 Å². The Labute approximate surface area is 188 Å². The Balaban J connectivity index is 1.56. The average Bonchev–Trinajstić information content (AvgIpc) is 2.74. The topological polar surface area (TPSA) is 62.7 Å². The molecule has 2 aliphatic heterocycles. The first-order chi connectivity index (χ1) is 14.7. The predicted octanol–water partition coefficient (Wildman–Crippen LogP) is 4.84. The van der Waals surface area contributed by atoms with Gasteiger partial charge in [0.25, 0.3) is 0 Å². The van der Waals surface area contributed by atoms with Gasteiger partial charge in [-0.15, -0.1) is 0 Å². The van der Waals surface area contributed by atoms with Crippen LogP contribution in [0.15, 0.2) is 48.7 Å². The number of nitrogens with zero attached hydrogens (tertiary/aromatic N) is 3. The van der Waals surface area contributed by atoms with Crippen LogP contribution in [0.4, 0.5) is 4.79 Å². The summed E-state index contributed by atoms with van der Waals surface area (Å²) in [7, 11) is 0. The Kier molecular flexibility index (Phi) is 5.69. The number of hydrogen-bond acceptors (Lipinski definition) is 4. The van der Waals surface area contributed by atoms with E-state index in [0.717, 1.165) is 11.3 Å². The number of halogens is 1. The van der Waals surface area contributed by atoms with E-state index in [0.29, 0.717) is 37.5 Å². The second kappa shape index (κ2) is 8.15. The number of carbonyl (C=O) groups is 2. The lowest BCUT2D eigenvalue weighted by atomic mass is 9.63. The molecule has 3 heterocycles. The summed E-state index contributed by atoms with van der Waals surface area (Å²) in [6.07, 6.45) is 2.61. The molecule has 1 unspecified atom stereocenters. The van der Waals surface area contributed by atoms with Crippen LogP contribution in [0.2, 0.25) is 5.02 Å². The number of likely N-dealkylation sites (tertiary alicyclic amines) is 2. The predicted molar refractivity (Wildman–Crippen MR) is 118 cm³/mol. The highest BCUT2D eigenvalue weighted by Crippen LogP contribution is 2.56. The van der Waals surface area contributed by atoms with Gasteiger partial charge in [0, 0.05) is 30.9 Å². The Morgan fingerprint density at radius 2 is 1.84 bits per heavy atom. The Morgan fingerprint density at radius 1 is 1.16 bits per heavy atom. The van der Waals surface area contributed by atoms with Crippen molar-refractivity contribution in [3.63, 3.8) is 0 Å². The molecule has 0 aliphatic carbocycles. The highest BCUT2D eigenvalue weighted by molar-refractivity contribution is 6.31. The number of carbonyl (C=O) groups excluding carboxylic acids is 2. The normalized spacial score (nSPS) is 20.5. The Hall–Kier alpha value is -2.60. The van der Waals surface area contributed by atoms with Crippen molar-refractivity contribution in [2.75, 3.05) is 13.1 Å². The van der Waals surface area contributed by atoms with Gasteiger partial charge in [-0.05, 0) is 57.4 Å². The molecule has 2 aromatic rings. The van der Waals surface area contributed by atoms with Gasteiger partial charge in [-0.2, -0.15) is 0 Å². The van der Waals surface area contributed by atoms with Gasteiger partial charge in [0.2, 0.25) is 5.91 Å². The molecular weight excluding hydrogens is 414 g/mol. The molecule has 1 spiro atoms. The number of piperidine rings is 1. The molecule has 2 amide bonds. The number of benzene rings is 1. The molecule has 0 saturated carbocycles. The van der Waals surface area contributed by atoms with E-state index in [4.69, 9.17) is 16.3 Å². The summed E-state index contributed by atoms with van der Waals surface area (Å²) in [6, 6.07) is 13.2. The number of amides is 2. The fourth-order valence-corrected chi connectivity index (χ4v) is 4.80. The summed E-state index contributed by atoms with van der Waals surface area (Å²) < 4.78 is 5.51. The first-order valence-corrected chi connectivity index (χ1v) is 11.0. The quantitative estimate of drug-likeness (QED) is 0.639. The first kappa shape index (κ1) is 21.6. The lowest BCUT2D eigenvalue weighted by Crippen LogP contribution is -2.66. The van der Waals surface area contributed by atoms with Gasteiger partial charge in [-0.3, -0.25) is 9.78 Å². The lowest BCUT2D eigenvalue weighted by Gasteiger charge is -2.58. The van der Waals surface area contributed by atoms with Crippen LogP contribution in [0, 0.1) is 5.41 Å². The van der Waals surface area contributed by atoms with Crippen molar-refractivity contribution in [2.45, 2.75) is 51.8 Å². The summed E-state index contributed by atoms with van der Waals surface area (Å²) in [4.78, 5) is 34.1. The largest absolute Gasteiger partial charge is 0.444 e. The standard InChI is InChI=1S/C24H28ClN3O3/c1-23(2,3)31-22(30)27-14-11-24(12-15-27)20(19-10-6-7-13-26-19)28(21(24)29)16-17-8-4-5-9-18(17)25/h4-10,13,20H,11-12,14-16H2,1-3H3. The highest BCUT2D eigenvalue weighted by Gasteiger charge is 2.62. The molecule has 1 atom stereocenters. The number of pyridine rings is 1. The smallest absolute Gasteiger partial charge is 0.410 e. The van der Waals surface area contributed by atoms with Gasteiger partial charge in [0.1, 0.15) is 5.60 Å². The molecule has 31 heavy (non-hydrogen) atoms. The van der Waals surface area contributed by atoms with E-state index in [-0.39, 0.29) is 18.0 Å². The minimum Gasteiger partial charge on any atom is -0.444 e. The summed E-state index contributed by atoms with van der Waals surface area (Å²) in [5.41, 5.74) is 0.703. The fraction of sp³-hybridized carbons (Fsp3) is 0.458. The van der Waals surface area contributed by atoms with Crippen LogP contribution in [-0.2, 0) is 16.1 Å². The van der Waals surface area contributed by atoms with Gasteiger partial charge in [-0.25, -0.2) is 4.79 Å². The van der Waals surface area contributed by atoms with Crippen LogP contribution in [0.1, 0.15) is 50.9 Å². The van der Waals surface area contributed by atoms with Gasteiger partial charge >= 0.3 is 6.09 Å². The van der Waals surface area contributed by atoms with E-state index in [9.17, 15) is 9.59 Å². The second-order valence-electron chi connectivity index (χ2n) is 9.31. The maximum atomic E-state index is 13.5. The molecule has 7 heteroatoms. The maximum absolute atomic E-state index is 13.5. The molecule has 1 aromatic carbocycles. The van der Waals surface area contributed by atoms with Crippen LogP contribution >= 0.6 is 11.6 Å². The van der Waals surface area contributed by atoms with E-state index < -0.39 is 11.0 Å². The Bertz CT molecular complexity index is 966. The van der Waals surface area contributed by atoms with Gasteiger partial charge in [0.05, 0.1) is 17.2 Å². The number of rotatable bonds is 3. The van der Waals surface area contributed by atoms with E-state index in [1.54, 1.807) is 11.1 Å². The molecule has 2 saturated heterocycles. The zero-order valence-corrected chi connectivity index (χ0v) is 18.9. The summed E-state index contributed by atoms with van der Waals surface area (Å²) in [5.74, 6) is 0.104. The summed E-state index contributed by atoms with van der Waals surface area (Å²) in [6.45, 7) is 6.99. The van der Waals surface area contributed by atoms with Crippen LogP contribution in [0.5, 0.6) is 0 Å². The number of ether oxygens (including phenoxy) is 1. The Morgan fingerprint density at radius 3 is 2.45 bits per heavy atom. The molecule has 4 rings (SSSR count). The van der Waals surface area contributed by atoms with Crippen LogP contribution in [-0.4, -0.2) is 45.5 Å².